The van der Waals surface area contributed by atoms with Crippen LogP contribution in [0.2, 0.25) is 0 Å². The lowest BCUT2D eigenvalue weighted by molar-refractivity contribution is -0.384. The van der Waals surface area contributed by atoms with Crippen molar-refractivity contribution < 1.29 is 33.6 Å². The number of non-ortho nitro benzene ring substituents is 1. The molecule has 0 aromatic heterocycles. The second kappa shape index (κ2) is 11.4. The Balaban J connectivity index is 2.46. The Kier molecular flexibility index (Phi) is 8.61. The number of anilines is 1. The third kappa shape index (κ3) is 6.60. The summed E-state index contributed by atoms with van der Waals surface area (Å²) < 4.78 is 9.56. The van der Waals surface area contributed by atoms with Gasteiger partial charge in [0.2, 0.25) is 5.91 Å². The van der Waals surface area contributed by atoms with Crippen molar-refractivity contribution in [3.05, 3.63) is 69.8 Å². The summed E-state index contributed by atoms with van der Waals surface area (Å²) in [6.45, 7) is 1.28. The van der Waals surface area contributed by atoms with Gasteiger partial charge in [0.1, 0.15) is 6.04 Å². The first-order valence-corrected chi connectivity index (χ1v) is 9.74. The molecule has 0 radical (unpaired) electrons. The summed E-state index contributed by atoms with van der Waals surface area (Å²) in [5.41, 5.74) is 0.503. The highest BCUT2D eigenvalue weighted by atomic mass is 16.6. The molecule has 2 aromatic rings. The van der Waals surface area contributed by atoms with Gasteiger partial charge in [0.05, 0.1) is 36.8 Å². The second-order valence-corrected chi connectivity index (χ2v) is 6.94. The molecular formula is C22H23N3O8. The van der Waals surface area contributed by atoms with E-state index < -0.39 is 40.6 Å². The van der Waals surface area contributed by atoms with E-state index in [1.807, 2.05) is 0 Å². The number of ether oxygens (including phenoxy) is 2. The van der Waals surface area contributed by atoms with E-state index in [-0.39, 0.29) is 23.4 Å². The van der Waals surface area contributed by atoms with E-state index in [4.69, 9.17) is 9.47 Å². The highest BCUT2D eigenvalue weighted by molar-refractivity contribution is 6.04. The first-order chi connectivity index (χ1) is 15.7. The van der Waals surface area contributed by atoms with Crippen LogP contribution < -0.4 is 10.6 Å². The molecule has 2 amide bonds. The summed E-state index contributed by atoms with van der Waals surface area (Å²) in [6, 6.07) is 10.1. The van der Waals surface area contributed by atoms with Crippen LogP contribution in [-0.4, -0.2) is 48.9 Å². The monoisotopic (exact) mass is 457 g/mol. The minimum atomic E-state index is -1.34. The molecule has 0 aliphatic heterocycles. The molecule has 0 bridgehead atoms. The summed E-state index contributed by atoms with van der Waals surface area (Å²) in [5, 5.41) is 16.1. The number of carbonyl (C=O) groups is 4. The number of nitrogens with zero attached hydrogens (tertiary/aromatic N) is 1. The number of carbonyl (C=O) groups excluding carboxylic acids is 4. The second-order valence-electron chi connectivity index (χ2n) is 6.94. The van der Waals surface area contributed by atoms with Crippen molar-refractivity contribution in [3.63, 3.8) is 0 Å². The fraction of sp³-hybridized carbons (Fsp3) is 0.273. The normalized spacial score (nSPS) is 12.1. The smallest absolute Gasteiger partial charge is 0.329 e. The highest BCUT2D eigenvalue weighted by Gasteiger charge is 2.35. The molecule has 33 heavy (non-hydrogen) atoms. The SMILES string of the molecule is COC(=O)C[C@@H](c1ccc([N+](=O)[O-])cc1)[C@@H](NC(=O)c1ccccc1NC(C)=O)C(=O)OC. The van der Waals surface area contributed by atoms with Crippen molar-refractivity contribution in [3.8, 4) is 0 Å². The van der Waals surface area contributed by atoms with Crippen molar-refractivity contribution >= 4 is 35.1 Å². The number of amides is 2. The molecule has 174 valence electrons. The molecule has 0 saturated heterocycles. The van der Waals surface area contributed by atoms with Crippen LogP contribution in [0, 0.1) is 10.1 Å². The van der Waals surface area contributed by atoms with E-state index in [1.165, 1.54) is 50.4 Å². The van der Waals surface area contributed by atoms with Gasteiger partial charge in [-0.05, 0) is 17.7 Å². The van der Waals surface area contributed by atoms with Crippen LogP contribution in [-0.2, 0) is 23.9 Å². The van der Waals surface area contributed by atoms with E-state index in [0.717, 1.165) is 7.11 Å². The van der Waals surface area contributed by atoms with Gasteiger partial charge < -0.3 is 20.1 Å². The fourth-order valence-corrected chi connectivity index (χ4v) is 3.18. The van der Waals surface area contributed by atoms with E-state index >= 15 is 0 Å². The number of benzene rings is 2. The lowest BCUT2D eigenvalue weighted by Gasteiger charge is -2.26. The van der Waals surface area contributed by atoms with Crippen LogP contribution in [0.4, 0.5) is 11.4 Å². The Labute approximate surface area is 189 Å². The molecule has 2 aromatic carbocycles. The number of hydrogen-bond acceptors (Lipinski definition) is 8. The largest absolute Gasteiger partial charge is 0.469 e. The van der Waals surface area contributed by atoms with E-state index in [2.05, 4.69) is 10.6 Å². The maximum atomic E-state index is 13.0. The number of para-hydroxylation sites is 1. The summed E-state index contributed by atoms with van der Waals surface area (Å²) in [7, 11) is 2.29. The molecule has 2 N–H and O–H groups in total. The predicted molar refractivity (Wildman–Crippen MR) is 116 cm³/mol. The maximum absolute atomic E-state index is 13.0. The maximum Gasteiger partial charge on any atom is 0.329 e. The Morgan fingerprint density at radius 1 is 1.00 bits per heavy atom. The molecular weight excluding hydrogens is 434 g/mol. The molecule has 2 atom stereocenters. The van der Waals surface area contributed by atoms with Gasteiger partial charge in [0, 0.05) is 25.0 Å². The molecule has 0 heterocycles. The summed E-state index contributed by atoms with van der Waals surface area (Å²) in [4.78, 5) is 59.6. The van der Waals surface area contributed by atoms with E-state index in [1.54, 1.807) is 12.1 Å². The van der Waals surface area contributed by atoms with Gasteiger partial charge >= 0.3 is 11.9 Å². The number of rotatable bonds is 9. The topological polar surface area (TPSA) is 154 Å². The standard InChI is InChI=1S/C22H23N3O8/c1-13(26)23-18-7-5-4-6-16(18)21(28)24-20(22(29)33-3)17(12-19(27)32-2)14-8-10-15(11-9-14)25(30)31/h4-11,17,20H,12H2,1-3H3,(H,23,26)(H,24,28)/t17-,20+/m0/s1. The quantitative estimate of drug-likeness (QED) is 0.330. The third-order valence-corrected chi connectivity index (χ3v) is 4.77. The van der Waals surface area contributed by atoms with Crippen LogP contribution in [0.15, 0.2) is 48.5 Å². The van der Waals surface area contributed by atoms with Crippen molar-refractivity contribution in [1.29, 1.82) is 0 Å². The Bertz CT molecular complexity index is 1050. The summed E-state index contributed by atoms with van der Waals surface area (Å²) >= 11 is 0. The Morgan fingerprint density at radius 2 is 1.64 bits per heavy atom. The van der Waals surface area contributed by atoms with Crippen LogP contribution in [0.5, 0.6) is 0 Å². The zero-order valence-corrected chi connectivity index (χ0v) is 18.2. The molecule has 0 saturated carbocycles. The number of methoxy groups -OCH3 is 2. The zero-order valence-electron chi connectivity index (χ0n) is 18.2. The molecule has 11 nitrogen and oxygen atoms in total. The number of esters is 2. The average Bonchev–Trinajstić information content (AvgIpc) is 2.80. The van der Waals surface area contributed by atoms with Crippen LogP contribution in [0.25, 0.3) is 0 Å². The van der Waals surface area contributed by atoms with Crippen molar-refractivity contribution in [1.82, 2.24) is 5.32 Å². The number of hydrogen-bond donors (Lipinski definition) is 2. The third-order valence-electron chi connectivity index (χ3n) is 4.77. The number of nitro groups is 1. The summed E-state index contributed by atoms with van der Waals surface area (Å²) in [6.07, 6.45) is -0.318. The molecule has 2 rings (SSSR count). The van der Waals surface area contributed by atoms with Crippen LogP contribution >= 0.6 is 0 Å². The van der Waals surface area contributed by atoms with E-state index in [9.17, 15) is 29.3 Å². The fourth-order valence-electron chi connectivity index (χ4n) is 3.18. The van der Waals surface area contributed by atoms with Gasteiger partial charge in [-0.25, -0.2) is 4.79 Å². The number of nitro benzene ring substituents is 1. The number of nitrogens with one attached hydrogen (secondary N) is 2. The van der Waals surface area contributed by atoms with Crippen molar-refractivity contribution in [2.75, 3.05) is 19.5 Å². The Hall–Kier alpha value is -4.28. The highest BCUT2D eigenvalue weighted by Crippen LogP contribution is 2.28. The average molecular weight is 457 g/mol. The van der Waals surface area contributed by atoms with Gasteiger partial charge in [-0.1, -0.05) is 24.3 Å². The van der Waals surface area contributed by atoms with Gasteiger partial charge in [0.25, 0.3) is 11.6 Å². The van der Waals surface area contributed by atoms with Gasteiger partial charge in [0.15, 0.2) is 0 Å². The van der Waals surface area contributed by atoms with Gasteiger partial charge in [-0.3, -0.25) is 24.5 Å². The van der Waals surface area contributed by atoms with E-state index in [0.29, 0.717) is 5.56 Å². The molecule has 0 fully saturated rings. The van der Waals surface area contributed by atoms with Gasteiger partial charge in [-0.2, -0.15) is 0 Å². The lowest BCUT2D eigenvalue weighted by Crippen LogP contribution is -2.46. The minimum absolute atomic E-state index is 0.0853. The molecule has 0 aliphatic rings. The Morgan fingerprint density at radius 3 is 2.18 bits per heavy atom. The van der Waals surface area contributed by atoms with Crippen LogP contribution in [0.1, 0.15) is 35.2 Å². The van der Waals surface area contributed by atoms with Crippen molar-refractivity contribution in [2.45, 2.75) is 25.3 Å². The minimum Gasteiger partial charge on any atom is -0.469 e. The molecule has 0 spiro atoms. The summed E-state index contributed by atoms with van der Waals surface area (Å²) in [5.74, 6) is -3.56. The van der Waals surface area contributed by atoms with Crippen LogP contribution in [0.3, 0.4) is 0 Å². The molecule has 11 heteroatoms. The molecule has 0 unspecified atom stereocenters. The zero-order chi connectivity index (χ0) is 24.5. The molecule has 0 aliphatic carbocycles. The van der Waals surface area contributed by atoms with Gasteiger partial charge in [-0.15, -0.1) is 0 Å². The van der Waals surface area contributed by atoms with Crippen molar-refractivity contribution in [2.24, 2.45) is 0 Å². The predicted octanol–water partition coefficient (Wildman–Crippen LogP) is 2.17. The lowest BCUT2D eigenvalue weighted by atomic mass is 9.88. The first-order valence-electron chi connectivity index (χ1n) is 9.74. The first kappa shape index (κ1) is 25.0.